The highest BCUT2D eigenvalue weighted by molar-refractivity contribution is 4.95. The van der Waals surface area contributed by atoms with Gasteiger partial charge in [-0.25, -0.2) is 0 Å². The first kappa shape index (κ1) is 12.9. The van der Waals surface area contributed by atoms with Crippen LogP contribution in [0.1, 0.15) is 58.8 Å². The van der Waals surface area contributed by atoms with E-state index < -0.39 is 0 Å². The molecule has 2 heteroatoms. The maximum absolute atomic E-state index is 2.90. The van der Waals surface area contributed by atoms with Crippen LogP contribution in [0.5, 0.6) is 0 Å². The summed E-state index contributed by atoms with van der Waals surface area (Å²) in [6.07, 6.45) is 10.3. The van der Waals surface area contributed by atoms with Crippen molar-refractivity contribution >= 4 is 0 Å². The van der Waals surface area contributed by atoms with Crippen LogP contribution < -0.4 is 0 Å². The largest absolute Gasteiger partial charge is 0.301 e. The first-order valence-electron chi connectivity index (χ1n) is 8.25. The number of piperidine rings is 2. The van der Waals surface area contributed by atoms with Crippen molar-refractivity contribution in [1.29, 1.82) is 0 Å². The molecule has 2 unspecified atom stereocenters. The van der Waals surface area contributed by atoms with Crippen molar-refractivity contribution in [2.45, 2.75) is 76.9 Å². The molecule has 2 heterocycles. The van der Waals surface area contributed by atoms with E-state index in [0.717, 1.165) is 24.0 Å². The molecule has 3 rings (SSSR count). The molecule has 1 aliphatic carbocycles. The van der Waals surface area contributed by atoms with Crippen LogP contribution in [0.15, 0.2) is 0 Å². The van der Waals surface area contributed by atoms with Gasteiger partial charge in [0.1, 0.15) is 0 Å². The molecule has 0 aromatic rings. The summed E-state index contributed by atoms with van der Waals surface area (Å²) in [4.78, 5) is 5.62. The van der Waals surface area contributed by atoms with E-state index in [0.29, 0.717) is 0 Å². The van der Waals surface area contributed by atoms with Crippen LogP contribution in [0.4, 0.5) is 0 Å². The normalized spacial score (nSPS) is 36.2. The third-order valence-corrected chi connectivity index (χ3v) is 5.37. The lowest BCUT2D eigenvalue weighted by atomic mass is 9.84. The maximum Gasteiger partial charge on any atom is 0.0139 e. The van der Waals surface area contributed by atoms with E-state index in [1.54, 1.807) is 0 Å². The summed E-state index contributed by atoms with van der Waals surface area (Å²) < 4.78 is 0. The van der Waals surface area contributed by atoms with Crippen LogP contribution >= 0.6 is 0 Å². The Labute approximate surface area is 113 Å². The fraction of sp³-hybridized carbons (Fsp3) is 1.00. The predicted molar refractivity (Wildman–Crippen MR) is 76.8 cm³/mol. The average molecular weight is 250 g/mol. The fourth-order valence-corrected chi connectivity index (χ4v) is 4.17. The molecule has 104 valence electrons. The Balaban J connectivity index is 1.64. The van der Waals surface area contributed by atoms with Crippen LogP contribution in [0.3, 0.4) is 0 Å². The van der Waals surface area contributed by atoms with Crippen molar-refractivity contribution in [3.05, 3.63) is 0 Å². The van der Waals surface area contributed by atoms with Gasteiger partial charge in [0.2, 0.25) is 0 Å². The first-order valence-corrected chi connectivity index (χ1v) is 8.25. The summed E-state index contributed by atoms with van der Waals surface area (Å²) in [5, 5.41) is 0. The van der Waals surface area contributed by atoms with Gasteiger partial charge in [0.05, 0.1) is 0 Å². The molecule has 0 aromatic heterocycles. The molecule has 0 bridgehead atoms. The van der Waals surface area contributed by atoms with Crippen molar-refractivity contribution in [2.24, 2.45) is 5.92 Å². The zero-order chi connectivity index (χ0) is 12.5. The topological polar surface area (TPSA) is 6.48 Å². The lowest BCUT2D eigenvalue weighted by Gasteiger charge is -2.45. The molecule has 2 saturated heterocycles. The molecule has 3 aliphatic rings. The van der Waals surface area contributed by atoms with Crippen molar-refractivity contribution < 1.29 is 0 Å². The molecule has 3 fully saturated rings. The standard InChI is InChI=1S/C16H30N2/c1-13(2)17-10-5-6-14(12-17)16-7-3-4-11-18(16)15-8-9-15/h13-16H,3-12H2,1-2H3. The van der Waals surface area contributed by atoms with E-state index in [1.165, 1.54) is 64.6 Å². The monoisotopic (exact) mass is 250 g/mol. The van der Waals surface area contributed by atoms with E-state index in [1.807, 2.05) is 0 Å². The molecule has 2 atom stereocenters. The molecular weight excluding hydrogens is 220 g/mol. The van der Waals surface area contributed by atoms with Crippen molar-refractivity contribution in [3.8, 4) is 0 Å². The van der Waals surface area contributed by atoms with E-state index in [4.69, 9.17) is 0 Å². The van der Waals surface area contributed by atoms with Gasteiger partial charge in [0.15, 0.2) is 0 Å². The minimum absolute atomic E-state index is 0.741. The number of hydrogen-bond acceptors (Lipinski definition) is 2. The summed E-state index contributed by atoms with van der Waals surface area (Å²) in [6, 6.07) is 2.64. The Morgan fingerprint density at radius 2 is 1.72 bits per heavy atom. The highest BCUT2D eigenvalue weighted by Gasteiger charge is 2.39. The van der Waals surface area contributed by atoms with Crippen molar-refractivity contribution in [2.75, 3.05) is 19.6 Å². The molecule has 0 radical (unpaired) electrons. The molecule has 0 spiro atoms. The number of hydrogen-bond donors (Lipinski definition) is 0. The second-order valence-corrected chi connectivity index (χ2v) is 7.02. The highest BCUT2D eigenvalue weighted by atomic mass is 15.2. The van der Waals surface area contributed by atoms with E-state index >= 15 is 0 Å². The zero-order valence-corrected chi connectivity index (χ0v) is 12.3. The van der Waals surface area contributed by atoms with Gasteiger partial charge in [0, 0.05) is 24.7 Å². The van der Waals surface area contributed by atoms with Gasteiger partial charge in [-0.1, -0.05) is 6.42 Å². The molecule has 1 saturated carbocycles. The smallest absolute Gasteiger partial charge is 0.0139 e. The van der Waals surface area contributed by atoms with Gasteiger partial charge in [0.25, 0.3) is 0 Å². The van der Waals surface area contributed by atoms with Gasteiger partial charge < -0.3 is 4.90 Å². The van der Waals surface area contributed by atoms with Gasteiger partial charge >= 0.3 is 0 Å². The minimum atomic E-state index is 0.741. The summed E-state index contributed by atoms with van der Waals surface area (Å²) in [6.45, 7) is 8.83. The van der Waals surface area contributed by atoms with Gasteiger partial charge in [-0.3, -0.25) is 4.90 Å². The molecule has 2 aliphatic heterocycles. The van der Waals surface area contributed by atoms with Gasteiger partial charge in [-0.2, -0.15) is 0 Å². The SMILES string of the molecule is CC(C)N1CCCC(C2CCCCN2C2CC2)C1. The predicted octanol–water partition coefficient (Wildman–Crippen LogP) is 3.12. The summed E-state index contributed by atoms with van der Waals surface area (Å²) in [5.74, 6) is 0.960. The summed E-state index contributed by atoms with van der Waals surface area (Å²) in [5.41, 5.74) is 0. The second-order valence-electron chi connectivity index (χ2n) is 7.02. The molecule has 0 N–H and O–H groups in total. The summed E-state index contributed by atoms with van der Waals surface area (Å²) in [7, 11) is 0. The third kappa shape index (κ3) is 2.75. The van der Waals surface area contributed by atoms with E-state index in [2.05, 4.69) is 23.6 Å². The lowest BCUT2D eigenvalue weighted by Crippen LogP contribution is -2.51. The Morgan fingerprint density at radius 1 is 0.889 bits per heavy atom. The number of nitrogens with zero attached hydrogens (tertiary/aromatic N) is 2. The van der Waals surface area contributed by atoms with E-state index in [9.17, 15) is 0 Å². The van der Waals surface area contributed by atoms with Crippen LogP contribution in [0.25, 0.3) is 0 Å². The molecular formula is C16H30N2. The van der Waals surface area contributed by atoms with E-state index in [-0.39, 0.29) is 0 Å². The Bertz CT molecular complexity index is 272. The van der Waals surface area contributed by atoms with Crippen LogP contribution in [0.2, 0.25) is 0 Å². The van der Waals surface area contributed by atoms with Crippen molar-refractivity contribution in [3.63, 3.8) is 0 Å². The molecule has 0 aromatic carbocycles. The molecule has 2 nitrogen and oxygen atoms in total. The Kier molecular flexibility index (Phi) is 3.95. The third-order valence-electron chi connectivity index (χ3n) is 5.37. The van der Waals surface area contributed by atoms with Crippen molar-refractivity contribution in [1.82, 2.24) is 9.80 Å². The zero-order valence-electron chi connectivity index (χ0n) is 12.3. The second kappa shape index (κ2) is 5.50. The van der Waals surface area contributed by atoms with Crippen LogP contribution in [-0.2, 0) is 0 Å². The molecule has 18 heavy (non-hydrogen) atoms. The minimum Gasteiger partial charge on any atom is -0.301 e. The highest BCUT2D eigenvalue weighted by Crippen LogP contribution is 2.37. The van der Waals surface area contributed by atoms with Crippen LogP contribution in [0, 0.1) is 5.92 Å². The molecule has 0 amide bonds. The fourth-order valence-electron chi connectivity index (χ4n) is 4.17. The summed E-state index contributed by atoms with van der Waals surface area (Å²) >= 11 is 0. The quantitative estimate of drug-likeness (QED) is 0.759. The van der Waals surface area contributed by atoms with Gasteiger partial charge in [-0.05, 0) is 71.4 Å². The number of rotatable bonds is 3. The Hall–Kier alpha value is -0.0800. The first-order chi connectivity index (χ1) is 8.75. The van der Waals surface area contributed by atoms with Gasteiger partial charge in [-0.15, -0.1) is 0 Å². The lowest BCUT2D eigenvalue weighted by molar-refractivity contribution is 0.0387. The van der Waals surface area contributed by atoms with Crippen LogP contribution in [-0.4, -0.2) is 47.6 Å². The Morgan fingerprint density at radius 3 is 2.44 bits per heavy atom. The maximum atomic E-state index is 2.90. The average Bonchev–Trinajstić information content (AvgIpc) is 3.23. The number of likely N-dealkylation sites (tertiary alicyclic amines) is 2.